The Bertz CT molecular complexity index is 235. The van der Waals surface area contributed by atoms with Gasteiger partial charge in [0.25, 0.3) is 0 Å². The molecule has 1 nitrogen and oxygen atoms in total. The third kappa shape index (κ3) is 1.09. The van der Waals surface area contributed by atoms with Crippen LogP contribution in [-0.2, 0) is 0 Å². The average molecular weight is 149 g/mol. The molecule has 0 fully saturated rings. The fourth-order valence-electron chi connectivity index (χ4n) is 1.87. The summed E-state index contributed by atoms with van der Waals surface area (Å²) >= 11 is 0. The molecule has 11 heavy (non-hydrogen) atoms. The van der Waals surface area contributed by atoms with E-state index >= 15 is 0 Å². The van der Waals surface area contributed by atoms with Crippen LogP contribution in [0.25, 0.3) is 0 Å². The topological polar surface area (TPSA) is 12.0 Å². The first-order valence-electron chi connectivity index (χ1n) is 4.41. The summed E-state index contributed by atoms with van der Waals surface area (Å²) in [5.74, 6) is 0.772. The van der Waals surface area contributed by atoms with Gasteiger partial charge in [0.1, 0.15) is 0 Å². The minimum absolute atomic E-state index is 0.772. The zero-order valence-electron chi connectivity index (χ0n) is 7.28. The molecule has 0 aromatic carbocycles. The minimum Gasteiger partial charge on any atom is -0.385 e. The van der Waals surface area contributed by atoms with Gasteiger partial charge in [-0.25, -0.2) is 0 Å². The Morgan fingerprint density at radius 1 is 1.55 bits per heavy atom. The number of hydrogen-bond donors (Lipinski definition) is 1. The molecule has 1 aliphatic carbocycles. The van der Waals surface area contributed by atoms with E-state index in [4.69, 9.17) is 0 Å². The van der Waals surface area contributed by atoms with Gasteiger partial charge in [0.15, 0.2) is 0 Å². The third-order valence-electron chi connectivity index (χ3n) is 2.83. The van der Waals surface area contributed by atoms with E-state index in [2.05, 4.69) is 25.2 Å². The molecule has 0 saturated heterocycles. The highest BCUT2D eigenvalue weighted by molar-refractivity contribution is 5.35. The lowest BCUT2D eigenvalue weighted by Crippen LogP contribution is -2.10. The Hall–Kier alpha value is -0.720. The molecular formula is C10H15N. The van der Waals surface area contributed by atoms with E-state index in [1.807, 2.05) is 0 Å². The Morgan fingerprint density at radius 3 is 3.18 bits per heavy atom. The van der Waals surface area contributed by atoms with Crippen molar-refractivity contribution in [2.45, 2.75) is 26.7 Å². The van der Waals surface area contributed by atoms with Gasteiger partial charge in [-0.2, -0.15) is 0 Å². The van der Waals surface area contributed by atoms with Crippen molar-refractivity contribution in [2.75, 3.05) is 6.54 Å². The van der Waals surface area contributed by atoms with Gasteiger partial charge in [-0.15, -0.1) is 0 Å². The van der Waals surface area contributed by atoms with E-state index in [-0.39, 0.29) is 0 Å². The van der Waals surface area contributed by atoms with E-state index in [9.17, 15) is 0 Å². The largest absolute Gasteiger partial charge is 0.385 e. The molecule has 1 heterocycles. The Balaban J connectivity index is 2.29. The molecule has 60 valence electrons. The summed E-state index contributed by atoms with van der Waals surface area (Å²) in [6, 6.07) is 0. The van der Waals surface area contributed by atoms with E-state index < -0.39 is 0 Å². The zero-order valence-corrected chi connectivity index (χ0v) is 7.28. The van der Waals surface area contributed by atoms with Crippen molar-refractivity contribution >= 4 is 0 Å². The lowest BCUT2D eigenvalue weighted by molar-refractivity contribution is 0.650. The van der Waals surface area contributed by atoms with Gasteiger partial charge in [-0.3, -0.25) is 0 Å². The van der Waals surface area contributed by atoms with Gasteiger partial charge in [0, 0.05) is 12.2 Å². The van der Waals surface area contributed by atoms with Gasteiger partial charge in [-0.1, -0.05) is 12.5 Å². The SMILES string of the molecule is CC1=CC2=C(CCN2)CC1C. The van der Waals surface area contributed by atoms with Crippen LogP contribution in [0.1, 0.15) is 26.7 Å². The van der Waals surface area contributed by atoms with Gasteiger partial charge in [0.05, 0.1) is 0 Å². The highest BCUT2D eigenvalue weighted by Gasteiger charge is 2.20. The molecule has 1 aliphatic heterocycles. The van der Waals surface area contributed by atoms with E-state index in [1.54, 1.807) is 5.57 Å². The van der Waals surface area contributed by atoms with Crippen LogP contribution in [0.4, 0.5) is 0 Å². The first kappa shape index (κ1) is 6.96. The summed E-state index contributed by atoms with van der Waals surface area (Å²) in [6.07, 6.45) is 4.87. The molecule has 2 rings (SSSR count). The fourth-order valence-corrected chi connectivity index (χ4v) is 1.87. The molecule has 0 amide bonds. The Kier molecular flexibility index (Phi) is 1.52. The minimum atomic E-state index is 0.772. The molecule has 0 spiro atoms. The molecule has 1 N–H and O–H groups in total. The molecule has 1 heteroatoms. The lowest BCUT2D eigenvalue weighted by Gasteiger charge is -2.18. The lowest BCUT2D eigenvalue weighted by atomic mass is 9.88. The predicted molar refractivity (Wildman–Crippen MR) is 47.2 cm³/mol. The smallest absolute Gasteiger partial charge is 0.0332 e. The first-order chi connectivity index (χ1) is 5.27. The summed E-state index contributed by atoms with van der Waals surface area (Å²) in [7, 11) is 0. The molecule has 1 atom stereocenters. The second-order valence-corrected chi connectivity index (χ2v) is 3.69. The van der Waals surface area contributed by atoms with E-state index in [0.717, 1.165) is 12.5 Å². The van der Waals surface area contributed by atoms with Gasteiger partial charge in [0.2, 0.25) is 0 Å². The van der Waals surface area contributed by atoms with E-state index in [0.29, 0.717) is 0 Å². The molecule has 2 aliphatic rings. The molecule has 0 aromatic rings. The zero-order chi connectivity index (χ0) is 7.84. The predicted octanol–water partition coefficient (Wildman–Crippen LogP) is 2.22. The number of nitrogens with one attached hydrogen (secondary N) is 1. The maximum absolute atomic E-state index is 3.41. The monoisotopic (exact) mass is 149 g/mol. The van der Waals surface area contributed by atoms with Gasteiger partial charge < -0.3 is 5.32 Å². The van der Waals surface area contributed by atoms with Crippen LogP contribution in [0.2, 0.25) is 0 Å². The standard InChI is InChI=1S/C10H15N/c1-7-5-9-3-4-11-10(9)6-8(7)2/h6-7,11H,3-5H2,1-2H3. The van der Waals surface area contributed by atoms with Crippen LogP contribution in [-0.4, -0.2) is 6.54 Å². The first-order valence-corrected chi connectivity index (χ1v) is 4.41. The highest BCUT2D eigenvalue weighted by Crippen LogP contribution is 2.31. The van der Waals surface area contributed by atoms with Crippen LogP contribution in [0.5, 0.6) is 0 Å². The molecule has 0 radical (unpaired) electrons. The van der Waals surface area contributed by atoms with Crippen LogP contribution in [0.3, 0.4) is 0 Å². The normalized spacial score (nSPS) is 29.6. The van der Waals surface area contributed by atoms with Gasteiger partial charge >= 0.3 is 0 Å². The van der Waals surface area contributed by atoms with E-state index in [1.165, 1.54) is 24.1 Å². The summed E-state index contributed by atoms with van der Waals surface area (Å²) in [5.41, 5.74) is 4.59. The second kappa shape index (κ2) is 2.40. The van der Waals surface area contributed by atoms with Gasteiger partial charge in [-0.05, 0) is 37.3 Å². The summed E-state index contributed by atoms with van der Waals surface area (Å²) in [5, 5.41) is 3.41. The molecule has 0 bridgehead atoms. The van der Waals surface area contributed by atoms with Crippen molar-refractivity contribution in [1.29, 1.82) is 0 Å². The third-order valence-corrected chi connectivity index (χ3v) is 2.83. The van der Waals surface area contributed by atoms with Crippen molar-refractivity contribution in [3.05, 3.63) is 22.9 Å². The summed E-state index contributed by atoms with van der Waals surface area (Å²) in [6.45, 7) is 5.70. The van der Waals surface area contributed by atoms with Crippen molar-refractivity contribution in [1.82, 2.24) is 5.32 Å². The maximum atomic E-state index is 3.41. The average Bonchev–Trinajstić information content (AvgIpc) is 2.36. The van der Waals surface area contributed by atoms with Crippen LogP contribution < -0.4 is 5.32 Å². The highest BCUT2D eigenvalue weighted by atomic mass is 14.9. The Labute approximate surface area is 68.2 Å². The number of rotatable bonds is 0. The maximum Gasteiger partial charge on any atom is 0.0332 e. The summed E-state index contributed by atoms with van der Waals surface area (Å²) in [4.78, 5) is 0. The molecule has 0 aromatic heterocycles. The number of allylic oxidation sites excluding steroid dienone is 2. The number of hydrogen-bond acceptors (Lipinski definition) is 1. The quantitative estimate of drug-likeness (QED) is 0.557. The van der Waals surface area contributed by atoms with Crippen molar-refractivity contribution in [3.8, 4) is 0 Å². The molecular weight excluding hydrogens is 134 g/mol. The van der Waals surface area contributed by atoms with Crippen molar-refractivity contribution in [2.24, 2.45) is 5.92 Å². The summed E-state index contributed by atoms with van der Waals surface area (Å²) < 4.78 is 0. The van der Waals surface area contributed by atoms with Crippen molar-refractivity contribution < 1.29 is 0 Å². The molecule has 0 saturated carbocycles. The van der Waals surface area contributed by atoms with Crippen LogP contribution in [0.15, 0.2) is 22.9 Å². The molecule has 1 unspecified atom stereocenters. The second-order valence-electron chi connectivity index (χ2n) is 3.69. The Morgan fingerprint density at radius 2 is 2.36 bits per heavy atom. The van der Waals surface area contributed by atoms with Crippen molar-refractivity contribution in [3.63, 3.8) is 0 Å². The fraction of sp³-hybridized carbons (Fsp3) is 0.600. The van der Waals surface area contributed by atoms with Crippen LogP contribution >= 0.6 is 0 Å². The van der Waals surface area contributed by atoms with Crippen LogP contribution in [0, 0.1) is 5.92 Å².